The maximum atomic E-state index is 10.5. The van der Waals surface area contributed by atoms with Crippen molar-refractivity contribution in [3.05, 3.63) is 57.8 Å². The summed E-state index contributed by atoms with van der Waals surface area (Å²) >= 11 is 1.75. The normalized spacial score (nSPS) is 10.9. The molecule has 2 rings (SSSR count). The van der Waals surface area contributed by atoms with Gasteiger partial charge in [-0.3, -0.25) is 0 Å². The molecule has 1 aromatic heterocycles. The van der Waals surface area contributed by atoms with Crippen LogP contribution in [0, 0.1) is 6.92 Å². The molecule has 0 amide bonds. The molecule has 0 saturated heterocycles. The second-order valence-electron chi connectivity index (χ2n) is 4.65. The van der Waals surface area contributed by atoms with Gasteiger partial charge in [-0.2, -0.15) is 0 Å². The summed E-state index contributed by atoms with van der Waals surface area (Å²) in [5.41, 5.74) is 3.20. The van der Waals surface area contributed by atoms with E-state index in [-0.39, 0.29) is 0 Å². The molecular weight excluding hydrogens is 270 g/mol. The summed E-state index contributed by atoms with van der Waals surface area (Å²) in [5.74, 6) is -0.929. The van der Waals surface area contributed by atoms with Crippen LogP contribution in [-0.4, -0.2) is 18.1 Å². The van der Waals surface area contributed by atoms with Gasteiger partial charge in [0.1, 0.15) is 0 Å². The predicted molar refractivity (Wildman–Crippen MR) is 84.3 cm³/mol. The molecule has 1 N–H and O–H groups in total. The predicted octanol–water partition coefficient (Wildman–Crippen LogP) is 3.79. The third-order valence-corrected chi connectivity index (χ3v) is 3.88. The van der Waals surface area contributed by atoms with Gasteiger partial charge in [0.25, 0.3) is 0 Å². The van der Waals surface area contributed by atoms with Crippen LogP contribution in [0.25, 0.3) is 6.08 Å². The highest BCUT2D eigenvalue weighted by Crippen LogP contribution is 2.23. The molecule has 20 heavy (non-hydrogen) atoms. The quantitative estimate of drug-likeness (QED) is 0.851. The summed E-state index contributed by atoms with van der Waals surface area (Å²) in [6.45, 7) is 2.92. The molecule has 0 saturated carbocycles. The van der Waals surface area contributed by atoms with Crippen LogP contribution in [0.5, 0.6) is 0 Å². The van der Waals surface area contributed by atoms with E-state index < -0.39 is 5.97 Å². The molecule has 0 radical (unpaired) electrons. The van der Waals surface area contributed by atoms with E-state index in [9.17, 15) is 4.79 Å². The minimum atomic E-state index is -0.929. The molecule has 0 unspecified atom stereocenters. The van der Waals surface area contributed by atoms with Crippen molar-refractivity contribution < 1.29 is 9.90 Å². The number of carboxylic acids is 1. The van der Waals surface area contributed by atoms with Crippen molar-refractivity contribution >= 4 is 29.1 Å². The number of thiophene rings is 1. The standard InChI is InChI=1S/C16H17NO2S/c1-12-10-13(6-8-16(18)19)5-7-15(12)17(2)11-14-4-3-9-20-14/h3-10H,11H2,1-2H3,(H,18,19). The van der Waals surface area contributed by atoms with Crippen LogP contribution in [0.1, 0.15) is 16.0 Å². The van der Waals surface area contributed by atoms with Crippen LogP contribution in [0.4, 0.5) is 5.69 Å². The molecule has 0 spiro atoms. The van der Waals surface area contributed by atoms with Gasteiger partial charge in [-0.05, 0) is 47.7 Å². The number of hydrogen-bond donors (Lipinski definition) is 1. The lowest BCUT2D eigenvalue weighted by molar-refractivity contribution is -0.131. The van der Waals surface area contributed by atoms with E-state index in [0.29, 0.717) is 0 Å². The summed E-state index contributed by atoms with van der Waals surface area (Å²) in [6, 6.07) is 10.2. The number of benzene rings is 1. The largest absolute Gasteiger partial charge is 0.478 e. The summed E-state index contributed by atoms with van der Waals surface area (Å²) in [6.07, 6.45) is 2.77. The first-order valence-electron chi connectivity index (χ1n) is 6.31. The van der Waals surface area contributed by atoms with Crippen LogP contribution < -0.4 is 4.90 Å². The Labute approximate surface area is 122 Å². The molecule has 0 aliphatic carbocycles. The number of aliphatic carboxylic acids is 1. The third kappa shape index (κ3) is 3.71. The Hall–Kier alpha value is -2.07. The van der Waals surface area contributed by atoms with Gasteiger partial charge in [0.05, 0.1) is 6.54 Å². The fraction of sp³-hybridized carbons (Fsp3) is 0.188. The molecule has 104 valence electrons. The lowest BCUT2D eigenvalue weighted by atomic mass is 10.1. The zero-order valence-electron chi connectivity index (χ0n) is 11.5. The minimum Gasteiger partial charge on any atom is -0.478 e. The van der Waals surface area contributed by atoms with Crippen molar-refractivity contribution in [2.45, 2.75) is 13.5 Å². The van der Waals surface area contributed by atoms with Gasteiger partial charge < -0.3 is 10.0 Å². The SMILES string of the molecule is Cc1cc(C=CC(=O)O)ccc1N(C)Cc1cccs1. The Balaban J connectivity index is 2.14. The van der Waals surface area contributed by atoms with Gasteiger partial charge in [0, 0.05) is 23.7 Å². The van der Waals surface area contributed by atoms with Gasteiger partial charge in [-0.1, -0.05) is 12.1 Å². The Morgan fingerprint density at radius 3 is 2.80 bits per heavy atom. The molecule has 0 fully saturated rings. The highest BCUT2D eigenvalue weighted by atomic mass is 32.1. The summed E-state index contributed by atoms with van der Waals surface area (Å²) in [5, 5.41) is 10.7. The maximum Gasteiger partial charge on any atom is 0.328 e. The molecule has 3 nitrogen and oxygen atoms in total. The van der Waals surface area contributed by atoms with E-state index in [4.69, 9.17) is 5.11 Å². The highest BCUT2D eigenvalue weighted by Gasteiger charge is 2.06. The topological polar surface area (TPSA) is 40.5 Å². The maximum absolute atomic E-state index is 10.5. The summed E-state index contributed by atoms with van der Waals surface area (Å²) in [7, 11) is 2.06. The van der Waals surface area contributed by atoms with Crippen molar-refractivity contribution in [1.82, 2.24) is 0 Å². The van der Waals surface area contributed by atoms with E-state index in [1.807, 2.05) is 25.1 Å². The van der Waals surface area contributed by atoms with Crippen LogP contribution in [0.3, 0.4) is 0 Å². The van der Waals surface area contributed by atoms with E-state index in [0.717, 1.165) is 29.4 Å². The Morgan fingerprint density at radius 2 is 2.20 bits per heavy atom. The van der Waals surface area contributed by atoms with Crippen LogP contribution in [0.2, 0.25) is 0 Å². The third-order valence-electron chi connectivity index (χ3n) is 3.02. The van der Waals surface area contributed by atoms with Gasteiger partial charge >= 0.3 is 5.97 Å². The number of hydrogen-bond acceptors (Lipinski definition) is 3. The monoisotopic (exact) mass is 287 g/mol. The first kappa shape index (κ1) is 14.3. The molecule has 2 aromatic rings. The average molecular weight is 287 g/mol. The minimum absolute atomic E-state index is 0.878. The molecule has 1 aromatic carbocycles. The molecule has 0 aliphatic rings. The smallest absolute Gasteiger partial charge is 0.328 e. The van der Waals surface area contributed by atoms with Crippen molar-refractivity contribution in [2.24, 2.45) is 0 Å². The zero-order chi connectivity index (χ0) is 14.5. The van der Waals surface area contributed by atoms with Crippen molar-refractivity contribution in [1.29, 1.82) is 0 Å². The van der Waals surface area contributed by atoms with Crippen molar-refractivity contribution in [3.8, 4) is 0 Å². The van der Waals surface area contributed by atoms with Crippen LogP contribution >= 0.6 is 11.3 Å². The Bertz CT molecular complexity index is 617. The molecule has 4 heteroatoms. The van der Waals surface area contributed by atoms with Crippen LogP contribution in [0.15, 0.2) is 41.8 Å². The first-order valence-corrected chi connectivity index (χ1v) is 7.19. The summed E-state index contributed by atoms with van der Waals surface area (Å²) < 4.78 is 0. The first-order chi connectivity index (χ1) is 9.56. The Morgan fingerprint density at radius 1 is 1.40 bits per heavy atom. The number of carbonyl (C=O) groups is 1. The molecule has 0 aliphatic heterocycles. The molecular formula is C16H17NO2S. The van der Waals surface area contributed by atoms with Crippen LogP contribution in [-0.2, 0) is 11.3 Å². The average Bonchev–Trinajstić information content (AvgIpc) is 2.89. The number of nitrogens with zero attached hydrogens (tertiary/aromatic N) is 1. The second kappa shape index (κ2) is 6.39. The van der Waals surface area contributed by atoms with Gasteiger partial charge in [-0.25, -0.2) is 4.79 Å². The lowest BCUT2D eigenvalue weighted by Crippen LogP contribution is -2.16. The fourth-order valence-electron chi connectivity index (χ4n) is 2.10. The van der Waals surface area contributed by atoms with Gasteiger partial charge in [-0.15, -0.1) is 11.3 Å². The number of aryl methyl sites for hydroxylation is 1. The van der Waals surface area contributed by atoms with Crippen molar-refractivity contribution in [3.63, 3.8) is 0 Å². The summed E-state index contributed by atoms with van der Waals surface area (Å²) in [4.78, 5) is 14.0. The van der Waals surface area contributed by atoms with E-state index in [1.165, 1.54) is 4.88 Å². The van der Waals surface area contributed by atoms with Gasteiger partial charge in [0.15, 0.2) is 0 Å². The lowest BCUT2D eigenvalue weighted by Gasteiger charge is -2.21. The van der Waals surface area contributed by atoms with E-state index in [1.54, 1.807) is 17.4 Å². The van der Waals surface area contributed by atoms with Crippen molar-refractivity contribution in [2.75, 3.05) is 11.9 Å². The second-order valence-corrected chi connectivity index (χ2v) is 5.69. The van der Waals surface area contributed by atoms with E-state index >= 15 is 0 Å². The molecule has 0 atom stereocenters. The highest BCUT2D eigenvalue weighted by molar-refractivity contribution is 7.09. The molecule has 0 bridgehead atoms. The Kier molecular flexibility index (Phi) is 4.58. The van der Waals surface area contributed by atoms with Gasteiger partial charge in [0.2, 0.25) is 0 Å². The van der Waals surface area contributed by atoms with E-state index in [2.05, 4.69) is 29.5 Å². The fourth-order valence-corrected chi connectivity index (χ4v) is 2.86. The number of carboxylic acid groups (broad SMARTS) is 1. The number of anilines is 1. The number of rotatable bonds is 5. The molecule has 1 heterocycles. The zero-order valence-corrected chi connectivity index (χ0v) is 12.4.